The molecule has 0 amide bonds. The summed E-state index contributed by atoms with van der Waals surface area (Å²) in [5.41, 5.74) is 7.53. The number of nitrogens with zero attached hydrogens (tertiary/aromatic N) is 2. The second-order valence-corrected chi connectivity index (χ2v) is 6.43. The molecule has 7 heteroatoms. The number of nitrogens with two attached hydrogens (primary N) is 1. The summed E-state index contributed by atoms with van der Waals surface area (Å²) >= 11 is 0. The van der Waals surface area contributed by atoms with Crippen LogP contribution in [-0.4, -0.2) is 30.0 Å². The third-order valence-corrected chi connectivity index (χ3v) is 4.87. The van der Waals surface area contributed by atoms with E-state index in [9.17, 15) is 8.42 Å². The number of fused-ring (bicyclic) bond motifs is 1. The largest absolute Gasteiger partial charge is 0.439 e. The van der Waals surface area contributed by atoms with Crippen molar-refractivity contribution in [2.75, 3.05) is 18.0 Å². The smallest absolute Gasteiger partial charge is 0.214 e. The van der Waals surface area contributed by atoms with Gasteiger partial charge in [-0.25, -0.2) is 13.4 Å². The minimum absolute atomic E-state index is 0.191. The van der Waals surface area contributed by atoms with Gasteiger partial charge < -0.3 is 10.2 Å². The molecule has 1 aromatic heterocycles. The van der Waals surface area contributed by atoms with Crippen LogP contribution in [0.25, 0.3) is 11.1 Å². The Hall–Kier alpha value is -1.60. The van der Waals surface area contributed by atoms with Crippen molar-refractivity contribution in [2.45, 2.75) is 13.0 Å². The monoisotopic (exact) mass is 267 g/mol. The summed E-state index contributed by atoms with van der Waals surface area (Å²) in [6.45, 7) is 0.722. The summed E-state index contributed by atoms with van der Waals surface area (Å²) in [7, 11) is -3.12. The average Bonchev–Trinajstić information content (AvgIpc) is 2.82. The minimum atomic E-state index is -3.12. The van der Waals surface area contributed by atoms with Gasteiger partial charge in [-0.05, 0) is 24.6 Å². The van der Waals surface area contributed by atoms with Crippen molar-refractivity contribution in [3.8, 4) is 0 Å². The summed E-state index contributed by atoms with van der Waals surface area (Å²) in [5.74, 6) is 0.612. The fourth-order valence-electron chi connectivity index (χ4n) is 2.08. The van der Waals surface area contributed by atoms with E-state index < -0.39 is 10.0 Å². The normalized spacial score (nSPS) is 19.6. The Morgan fingerprint density at radius 2 is 2.28 bits per heavy atom. The molecule has 2 aromatic rings. The first-order valence-electron chi connectivity index (χ1n) is 5.67. The van der Waals surface area contributed by atoms with E-state index in [1.807, 2.05) is 0 Å². The maximum Gasteiger partial charge on any atom is 0.214 e. The molecule has 6 nitrogen and oxygen atoms in total. The maximum atomic E-state index is 11.7. The van der Waals surface area contributed by atoms with Gasteiger partial charge in [-0.2, -0.15) is 4.31 Å². The molecule has 0 saturated carbocycles. The minimum Gasteiger partial charge on any atom is -0.439 e. The van der Waals surface area contributed by atoms with E-state index in [0.29, 0.717) is 35.6 Å². The van der Waals surface area contributed by atoms with Gasteiger partial charge in [0.1, 0.15) is 5.52 Å². The topological polar surface area (TPSA) is 89.4 Å². The van der Waals surface area contributed by atoms with E-state index in [0.717, 1.165) is 0 Å². The molecule has 0 radical (unpaired) electrons. The third kappa shape index (κ3) is 1.95. The second kappa shape index (κ2) is 3.96. The molecule has 2 N–H and O–H groups in total. The highest BCUT2D eigenvalue weighted by atomic mass is 32.2. The zero-order valence-electron chi connectivity index (χ0n) is 9.67. The molecular weight excluding hydrogens is 254 g/mol. The number of benzene rings is 1. The van der Waals surface area contributed by atoms with Gasteiger partial charge >= 0.3 is 0 Å². The Kier molecular flexibility index (Phi) is 2.53. The summed E-state index contributed by atoms with van der Waals surface area (Å²) in [6, 6.07) is 5.17. The molecular formula is C11H13N3O3S. The zero-order valence-corrected chi connectivity index (χ0v) is 10.5. The van der Waals surface area contributed by atoms with Crippen LogP contribution in [-0.2, 0) is 16.6 Å². The number of aromatic nitrogens is 1. The summed E-state index contributed by atoms with van der Waals surface area (Å²) in [6.07, 6.45) is 0.662. The lowest BCUT2D eigenvalue weighted by molar-refractivity contribution is 0.384. The van der Waals surface area contributed by atoms with Gasteiger partial charge in [-0.1, -0.05) is 0 Å². The number of oxazole rings is 1. The Bertz CT molecular complexity index is 693. The third-order valence-electron chi connectivity index (χ3n) is 2.97. The standard InChI is InChI=1S/C11H13N3O3S/c12-8-2-3-10-9(6-8)13-11(17-10)7-14-4-1-5-18(14,15)16/h2-3,6H,1,4-5,7,12H2. The molecule has 1 aliphatic heterocycles. The molecule has 0 bridgehead atoms. The Morgan fingerprint density at radius 1 is 1.44 bits per heavy atom. The molecule has 0 aliphatic carbocycles. The van der Waals surface area contributed by atoms with Gasteiger partial charge in [0.25, 0.3) is 0 Å². The molecule has 2 heterocycles. The van der Waals surface area contributed by atoms with Crippen LogP contribution < -0.4 is 5.73 Å². The second-order valence-electron chi connectivity index (χ2n) is 4.34. The van der Waals surface area contributed by atoms with Crippen LogP contribution in [0.1, 0.15) is 12.3 Å². The van der Waals surface area contributed by atoms with Crippen LogP contribution in [0, 0.1) is 0 Å². The molecule has 1 saturated heterocycles. The number of sulfonamides is 1. The predicted molar refractivity (Wildman–Crippen MR) is 67.2 cm³/mol. The van der Waals surface area contributed by atoms with Gasteiger partial charge in [0.05, 0.1) is 12.3 Å². The Morgan fingerprint density at radius 3 is 3.00 bits per heavy atom. The highest BCUT2D eigenvalue weighted by Gasteiger charge is 2.29. The summed E-state index contributed by atoms with van der Waals surface area (Å²) in [5, 5.41) is 0. The van der Waals surface area contributed by atoms with Crippen molar-refractivity contribution in [1.82, 2.24) is 9.29 Å². The van der Waals surface area contributed by atoms with Crippen LogP contribution in [0.4, 0.5) is 5.69 Å². The lowest BCUT2D eigenvalue weighted by Crippen LogP contribution is -2.25. The summed E-state index contributed by atoms with van der Waals surface area (Å²) < 4.78 is 30.3. The maximum absolute atomic E-state index is 11.7. The molecule has 1 aromatic carbocycles. The van der Waals surface area contributed by atoms with Crippen LogP contribution >= 0.6 is 0 Å². The van der Waals surface area contributed by atoms with Crippen LogP contribution in [0.15, 0.2) is 22.6 Å². The lowest BCUT2D eigenvalue weighted by Gasteiger charge is -2.10. The quantitative estimate of drug-likeness (QED) is 0.818. The van der Waals surface area contributed by atoms with Crippen molar-refractivity contribution in [3.05, 3.63) is 24.1 Å². The van der Waals surface area contributed by atoms with Gasteiger partial charge in [0, 0.05) is 12.2 Å². The van der Waals surface area contributed by atoms with Crippen molar-refractivity contribution in [2.24, 2.45) is 0 Å². The van der Waals surface area contributed by atoms with Crippen LogP contribution in [0.3, 0.4) is 0 Å². The van der Waals surface area contributed by atoms with E-state index in [-0.39, 0.29) is 12.3 Å². The van der Waals surface area contributed by atoms with Crippen molar-refractivity contribution in [3.63, 3.8) is 0 Å². The molecule has 96 valence electrons. The number of hydrogen-bond acceptors (Lipinski definition) is 5. The fourth-order valence-corrected chi connectivity index (χ4v) is 3.55. The number of nitrogen functional groups attached to an aromatic ring is 1. The van der Waals surface area contributed by atoms with E-state index in [1.54, 1.807) is 18.2 Å². The highest BCUT2D eigenvalue weighted by molar-refractivity contribution is 7.89. The molecule has 1 aliphatic rings. The lowest BCUT2D eigenvalue weighted by atomic mass is 10.3. The van der Waals surface area contributed by atoms with Gasteiger partial charge in [0.15, 0.2) is 5.58 Å². The number of hydrogen-bond donors (Lipinski definition) is 1. The Balaban J connectivity index is 1.91. The van der Waals surface area contributed by atoms with Crippen LogP contribution in [0.5, 0.6) is 0 Å². The first-order valence-corrected chi connectivity index (χ1v) is 7.28. The van der Waals surface area contributed by atoms with Crippen molar-refractivity contribution in [1.29, 1.82) is 0 Å². The van der Waals surface area contributed by atoms with E-state index in [4.69, 9.17) is 10.2 Å². The van der Waals surface area contributed by atoms with Gasteiger partial charge in [-0.3, -0.25) is 0 Å². The van der Waals surface area contributed by atoms with Gasteiger partial charge in [0.2, 0.25) is 15.9 Å². The molecule has 1 fully saturated rings. The SMILES string of the molecule is Nc1ccc2oc(CN3CCCS3(=O)=O)nc2c1. The highest BCUT2D eigenvalue weighted by Crippen LogP contribution is 2.22. The zero-order chi connectivity index (χ0) is 12.8. The first kappa shape index (κ1) is 11.5. The van der Waals surface area contributed by atoms with E-state index >= 15 is 0 Å². The molecule has 0 spiro atoms. The number of anilines is 1. The van der Waals surface area contributed by atoms with Crippen molar-refractivity contribution < 1.29 is 12.8 Å². The molecule has 3 rings (SSSR count). The van der Waals surface area contributed by atoms with E-state index in [2.05, 4.69) is 4.98 Å². The Labute approximate surface area is 104 Å². The van der Waals surface area contributed by atoms with Crippen molar-refractivity contribution >= 4 is 26.8 Å². The summed E-state index contributed by atoms with van der Waals surface area (Å²) in [4.78, 5) is 4.25. The predicted octanol–water partition coefficient (Wildman–Crippen LogP) is 0.946. The average molecular weight is 267 g/mol. The molecule has 0 unspecified atom stereocenters. The fraction of sp³-hybridized carbons (Fsp3) is 0.364. The van der Waals surface area contributed by atoms with Crippen LogP contribution in [0.2, 0.25) is 0 Å². The molecule has 18 heavy (non-hydrogen) atoms. The number of rotatable bonds is 2. The van der Waals surface area contributed by atoms with E-state index in [1.165, 1.54) is 4.31 Å². The molecule has 0 atom stereocenters. The first-order chi connectivity index (χ1) is 8.54. The van der Waals surface area contributed by atoms with Gasteiger partial charge in [-0.15, -0.1) is 0 Å².